The van der Waals surface area contributed by atoms with Crippen LogP contribution < -0.4 is 5.32 Å². The van der Waals surface area contributed by atoms with Gasteiger partial charge >= 0.3 is 0 Å². The summed E-state index contributed by atoms with van der Waals surface area (Å²) >= 11 is 0. The van der Waals surface area contributed by atoms with E-state index in [1.165, 1.54) is 0 Å². The Hall–Kier alpha value is -2.88. The van der Waals surface area contributed by atoms with Gasteiger partial charge in [-0.05, 0) is 30.9 Å². The zero-order valence-corrected chi connectivity index (χ0v) is 14.2. The van der Waals surface area contributed by atoms with Gasteiger partial charge in [-0.15, -0.1) is 0 Å². The van der Waals surface area contributed by atoms with E-state index in [1.807, 2.05) is 60.7 Å². The van der Waals surface area contributed by atoms with Gasteiger partial charge in [-0.25, -0.2) is 0 Å². The van der Waals surface area contributed by atoms with E-state index in [-0.39, 0.29) is 5.91 Å². The smallest absolute Gasteiger partial charge is 0.236 e. The maximum Gasteiger partial charge on any atom is 0.236 e. The summed E-state index contributed by atoms with van der Waals surface area (Å²) in [5, 5.41) is 7.29. The number of amides is 1. The molecule has 4 heteroatoms. The monoisotopic (exact) mass is 332 g/mol. The van der Waals surface area contributed by atoms with Gasteiger partial charge in [-0.3, -0.25) is 4.79 Å². The predicted molar refractivity (Wildman–Crippen MR) is 97.3 cm³/mol. The van der Waals surface area contributed by atoms with Crippen LogP contribution in [0.25, 0.3) is 11.3 Å². The number of anilines is 1. The Morgan fingerprint density at radius 1 is 1.12 bits per heavy atom. The largest absolute Gasteiger partial charge is 0.356 e. The molecule has 1 aliphatic rings. The average molecular weight is 332 g/mol. The third kappa shape index (κ3) is 2.84. The summed E-state index contributed by atoms with van der Waals surface area (Å²) in [5.41, 5.74) is 3.15. The Bertz CT molecular complexity index is 895. The molecule has 126 valence electrons. The van der Waals surface area contributed by atoms with Crippen LogP contribution in [0.3, 0.4) is 0 Å². The Morgan fingerprint density at radius 2 is 1.84 bits per heavy atom. The molecule has 4 rings (SSSR count). The molecule has 1 fully saturated rings. The predicted octanol–water partition coefficient (Wildman–Crippen LogP) is 4.57. The molecule has 2 aromatic carbocycles. The van der Waals surface area contributed by atoms with Crippen molar-refractivity contribution in [3.8, 4) is 11.3 Å². The van der Waals surface area contributed by atoms with E-state index in [1.54, 1.807) is 0 Å². The zero-order valence-electron chi connectivity index (χ0n) is 14.2. The number of para-hydroxylation sites is 1. The van der Waals surface area contributed by atoms with Crippen LogP contribution in [0.1, 0.15) is 31.0 Å². The second kappa shape index (κ2) is 6.20. The molecule has 4 nitrogen and oxygen atoms in total. The van der Waals surface area contributed by atoms with Crippen molar-refractivity contribution in [1.29, 1.82) is 0 Å². The van der Waals surface area contributed by atoms with Gasteiger partial charge < -0.3 is 9.84 Å². The molecule has 1 amide bonds. The Balaban J connectivity index is 1.58. The summed E-state index contributed by atoms with van der Waals surface area (Å²) in [6.45, 7) is 2.08. The van der Waals surface area contributed by atoms with Crippen molar-refractivity contribution in [2.24, 2.45) is 0 Å². The molecule has 0 bridgehead atoms. The summed E-state index contributed by atoms with van der Waals surface area (Å²) in [6, 6.07) is 19.6. The first-order valence-corrected chi connectivity index (χ1v) is 8.65. The summed E-state index contributed by atoms with van der Waals surface area (Å²) in [4.78, 5) is 12.9. The van der Waals surface area contributed by atoms with Crippen molar-refractivity contribution in [3.05, 3.63) is 71.9 Å². The van der Waals surface area contributed by atoms with E-state index in [4.69, 9.17) is 4.52 Å². The fraction of sp³-hybridized carbons (Fsp3) is 0.238. The van der Waals surface area contributed by atoms with E-state index in [9.17, 15) is 4.79 Å². The second-order valence-electron chi connectivity index (χ2n) is 6.49. The highest BCUT2D eigenvalue weighted by Crippen LogP contribution is 2.49. The quantitative estimate of drug-likeness (QED) is 0.744. The lowest BCUT2D eigenvalue weighted by Gasteiger charge is -2.14. The van der Waals surface area contributed by atoms with E-state index in [0.29, 0.717) is 5.76 Å². The number of rotatable bonds is 5. The van der Waals surface area contributed by atoms with Crippen LogP contribution in [-0.4, -0.2) is 11.1 Å². The maximum absolute atomic E-state index is 12.9. The highest BCUT2D eigenvalue weighted by molar-refractivity contribution is 6.01. The topological polar surface area (TPSA) is 55.1 Å². The average Bonchev–Trinajstić information content (AvgIpc) is 3.33. The van der Waals surface area contributed by atoms with Gasteiger partial charge in [-0.2, -0.15) is 0 Å². The van der Waals surface area contributed by atoms with Crippen LogP contribution in [0.5, 0.6) is 0 Å². The molecule has 1 aliphatic carbocycles. The van der Waals surface area contributed by atoms with E-state index in [2.05, 4.69) is 17.4 Å². The van der Waals surface area contributed by atoms with Crippen molar-refractivity contribution in [1.82, 2.24) is 5.16 Å². The van der Waals surface area contributed by atoms with E-state index < -0.39 is 5.41 Å². The van der Waals surface area contributed by atoms with Crippen molar-refractivity contribution < 1.29 is 9.32 Å². The number of carbonyl (C=O) groups is 1. The van der Waals surface area contributed by atoms with Crippen LogP contribution in [0.2, 0.25) is 0 Å². The number of hydrogen-bond donors (Lipinski definition) is 1. The third-order valence-corrected chi connectivity index (χ3v) is 4.89. The van der Waals surface area contributed by atoms with Crippen molar-refractivity contribution >= 4 is 11.6 Å². The number of nitrogens with one attached hydrogen (secondary N) is 1. The first-order valence-electron chi connectivity index (χ1n) is 8.65. The first-order chi connectivity index (χ1) is 12.2. The highest BCUT2D eigenvalue weighted by Gasteiger charge is 2.53. The van der Waals surface area contributed by atoms with Crippen molar-refractivity contribution in [2.45, 2.75) is 31.6 Å². The van der Waals surface area contributed by atoms with Crippen LogP contribution in [0, 0.1) is 0 Å². The minimum atomic E-state index is -0.558. The molecule has 0 unspecified atom stereocenters. The molecule has 1 saturated carbocycles. The molecular formula is C21H20N2O2. The van der Waals surface area contributed by atoms with Crippen molar-refractivity contribution in [2.75, 3.05) is 5.32 Å². The zero-order chi connectivity index (χ0) is 17.3. The van der Waals surface area contributed by atoms with Gasteiger partial charge in [0.05, 0.1) is 11.1 Å². The normalized spacial score (nSPS) is 14.9. The van der Waals surface area contributed by atoms with E-state index in [0.717, 1.165) is 41.8 Å². The van der Waals surface area contributed by atoms with Crippen LogP contribution >= 0.6 is 0 Å². The SMILES string of the molecule is CCc1ccccc1NC(=O)C1(c2cc(-c3ccccc3)on2)CC1. The van der Waals surface area contributed by atoms with Gasteiger partial charge in [0.2, 0.25) is 5.91 Å². The van der Waals surface area contributed by atoms with Gasteiger partial charge in [0.15, 0.2) is 5.76 Å². The number of carbonyl (C=O) groups excluding carboxylic acids is 1. The minimum absolute atomic E-state index is 0.00121. The molecule has 0 atom stereocenters. The minimum Gasteiger partial charge on any atom is -0.356 e. The Labute approximate surface area is 146 Å². The first kappa shape index (κ1) is 15.6. The number of aryl methyl sites for hydroxylation is 1. The van der Waals surface area contributed by atoms with Gasteiger partial charge in [0, 0.05) is 17.3 Å². The standard InChI is InChI=1S/C21H20N2O2/c1-2-15-8-6-7-11-17(15)22-20(24)21(12-13-21)19-14-18(25-23-19)16-9-4-3-5-10-16/h3-11,14H,2,12-13H2,1H3,(H,22,24). The number of benzene rings is 2. The lowest BCUT2D eigenvalue weighted by atomic mass is 9.99. The lowest BCUT2D eigenvalue weighted by Crippen LogP contribution is -2.28. The van der Waals surface area contributed by atoms with Gasteiger partial charge in [0.25, 0.3) is 0 Å². The Morgan fingerprint density at radius 3 is 2.56 bits per heavy atom. The number of aromatic nitrogens is 1. The molecule has 3 aromatic rings. The molecule has 0 saturated heterocycles. The molecule has 0 spiro atoms. The second-order valence-corrected chi connectivity index (χ2v) is 6.49. The maximum atomic E-state index is 12.9. The molecule has 1 N–H and O–H groups in total. The number of hydrogen-bond acceptors (Lipinski definition) is 3. The fourth-order valence-corrected chi connectivity index (χ4v) is 3.16. The van der Waals surface area contributed by atoms with Crippen molar-refractivity contribution in [3.63, 3.8) is 0 Å². The summed E-state index contributed by atoms with van der Waals surface area (Å²) in [5.74, 6) is 0.699. The van der Waals surface area contributed by atoms with Gasteiger partial charge in [0.1, 0.15) is 0 Å². The molecule has 0 aliphatic heterocycles. The summed E-state index contributed by atoms with van der Waals surface area (Å²) in [6.07, 6.45) is 2.48. The number of nitrogens with zero attached hydrogens (tertiary/aromatic N) is 1. The Kier molecular flexibility index (Phi) is 3.88. The van der Waals surface area contributed by atoms with Crippen LogP contribution in [0.15, 0.2) is 65.2 Å². The lowest BCUT2D eigenvalue weighted by molar-refractivity contribution is -0.118. The summed E-state index contributed by atoms with van der Waals surface area (Å²) < 4.78 is 5.49. The fourth-order valence-electron chi connectivity index (χ4n) is 3.16. The molecule has 25 heavy (non-hydrogen) atoms. The molecular weight excluding hydrogens is 312 g/mol. The molecule has 1 aromatic heterocycles. The molecule has 1 heterocycles. The van der Waals surface area contributed by atoms with Crippen LogP contribution in [-0.2, 0) is 16.6 Å². The van der Waals surface area contributed by atoms with Gasteiger partial charge in [-0.1, -0.05) is 60.6 Å². The molecule has 0 radical (unpaired) electrons. The summed E-state index contributed by atoms with van der Waals surface area (Å²) in [7, 11) is 0. The highest BCUT2D eigenvalue weighted by atomic mass is 16.5. The third-order valence-electron chi connectivity index (χ3n) is 4.89. The van der Waals surface area contributed by atoms with Crippen LogP contribution in [0.4, 0.5) is 5.69 Å². The van der Waals surface area contributed by atoms with E-state index >= 15 is 0 Å².